The van der Waals surface area contributed by atoms with Crippen LogP contribution in [0, 0.1) is 12.7 Å². The summed E-state index contributed by atoms with van der Waals surface area (Å²) in [5.41, 5.74) is 2.16. The van der Waals surface area contributed by atoms with E-state index >= 15 is 0 Å². The summed E-state index contributed by atoms with van der Waals surface area (Å²) in [5, 5.41) is 2.90. The first-order chi connectivity index (χ1) is 10.1. The van der Waals surface area contributed by atoms with Crippen molar-refractivity contribution in [1.82, 2.24) is 5.32 Å². The van der Waals surface area contributed by atoms with Gasteiger partial charge in [-0.1, -0.05) is 35.9 Å². The lowest BCUT2D eigenvalue weighted by molar-refractivity contribution is -0.123. The normalized spacial score (nSPS) is 10.2. The molecular weight excluding hydrogens is 293 g/mol. The molecular formula is C16H15ClFNO2. The first kappa shape index (κ1) is 15.3. The Morgan fingerprint density at radius 3 is 2.76 bits per heavy atom. The molecule has 0 aliphatic carbocycles. The third-order valence-electron chi connectivity index (χ3n) is 2.99. The van der Waals surface area contributed by atoms with Gasteiger partial charge in [0.1, 0.15) is 11.6 Å². The monoisotopic (exact) mass is 307 g/mol. The van der Waals surface area contributed by atoms with Gasteiger partial charge in [-0.15, -0.1) is 0 Å². The van der Waals surface area contributed by atoms with Gasteiger partial charge < -0.3 is 10.1 Å². The Balaban J connectivity index is 1.84. The van der Waals surface area contributed by atoms with Crippen LogP contribution >= 0.6 is 11.6 Å². The number of amides is 1. The van der Waals surface area contributed by atoms with Crippen LogP contribution in [0.5, 0.6) is 5.75 Å². The van der Waals surface area contributed by atoms with E-state index in [0.717, 1.165) is 17.2 Å². The summed E-state index contributed by atoms with van der Waals surface area (Å²) in [6.07, 6.45) is 0. The molecule has 0 saturated heterocycles. The van der Waals surface area contributed by atoms with Crippen LogP contribution in [0.25, 0.3) is 0 Å². The maximum Gasteiger partial charge on any atom is 0.258 e. The van der Waals surface area contributed by atoms with Gasteiger partial charge in [-0.2, -0.15) is 0 Å². The maximum absolute atomic E-state index is 12.9. The van der Waals surface area contributed by atoms with Crippen molar-refractivity contribution in [2.75, 3.05) is 6.61 Å². The Kier molecular flexibility index (Phi) is 5.17. The molecule has 110 valence electrons. The van der Waals surface area contributed by atoms with E-state index in [0.29, 0.717) is 6.54 Å². The summed E-state index contributed by atoms with van der Waals surface area (Å²) in [4.78, 5) is 11.7. The van der Waals surface area contributed by atoms with E-state index in [4.69, 9.17) is 16.3 Å². The van der Waals surface area contributed by atoms with Crippen molar-refractivity contribution in [1.29, 1.82) is 0 Å². The minimum atomic E-state index is -0.448. The van der Waals surface area contributed by atoms with E-state index in [2.05, 4.69) is 5.32 Å². The molecule has 1 amide bonds. The average Bonchev–Trinajstić information content (AvgIpc) is 2.45. The van der Waals surface area contributed by atoms with Crippen LogP contribution in [0.2, 0.25) is 5.02 Å². The van der Waals surface area contributed by atoms with Crippen LogP contribution in [0.4, 0.5) is 4.39 Å². The van der Waals surface area contributed by atoms with Gasteiger partial charge in [0, 0.05) is 6.54 Å². The first-order valence-electron chi connectivity index (χ1n) is 6.45. The second-order valence-corrected chi connectivity index (χ2v) is 4.97. The molecule has 2 rings (SSSR count). The molecule has 0 aliphatic heterocycles. The Morgan fingerprint density at radius 1 is 1.29 bits per heavy atom. The second kappa shape index (κ2) is 7.09. The number of carbonyl (C=O) groups excluding carboxylic acids is 1. The molecule has 0 saturated carbocycles. The largest absolute Gasteiger partial charge is 0.482 e. The van der Waals surface area contributed by atoms with Gasteiger partial charge in [-0.05, 0) is 36.2 Å². The third-order valence-corrected chi connectivity index (χ3v) is 3.29. The lowest BCUT2D eigenvalue weighted by atomic mass is 10.1. The highest BCUT2D eigenvalue weighted by molar-refractivity contribution is 6.32. The standard InChI is InChI=1S/C16H15ClFNO2/c1-11-4-2-3-5-12(11)9-19-16(20)10-21-15-7-6-13(18)8-14(15)17/h2-8H,9-10H2,1H3,(H,19,20). The molecule has 2 aromatic rings. The summed E-state index contributed by atoms with van der Waals surface area (Å²) >= 11 is 5.81. The fraction of sp³-hybridized carbons (Fsp3) is 0.188. The predicted octanol–water partition coefficient (Wildman–Crippen LogP) is 3.48. The molecule has 3 nitrogen and oxygen atoms in total. The van der Waals surface area contributed by atoms with Crippen LogP contribution in [-0.4, -0.2) is 12.5 Å². The third kappa shape index (κ3) is 4.46. The number of hydrogen-bond donors (Lipinski definition) is 1. The van der Waals surface area contributed by atoms with E-state index in [9.17, 15) is 9.18 Å². The van der Waals surface area contributed by atoms with Crippen molar-refractivity contribution < 1.29 is 13.9 Å². The molecule has 0 heterocycles. The van der Waals surface area contributed by atoms with Crippen LogP contribution in [0.15, 0.2) is 42.5 Å². The topological polar surface area (TPSA) is 38.3 Å². The minimum absolute atomic E-state index is 0.140. The van der Waals surface area contributed by atoms with Crippen LogP contribution < -0.4 is 10.1 Å². The molecule has 0 bridgehead atoms. The van der Waals surface area contributed by atoms with Crippen molar-refractivity contribution in [2.45, 2.75) is 13.5 Å². The van der Waals surface area contributed by atoms with Gasteiger partial charge in [0.05, 0.1) is 5.02 Å². The van der Waals surface area contributed by atoms with Gasteiger partial charge in [-0.3, -0.25) is 4.79 Å². The Morgan fingerprint density at radius 2 is 2.05 bits per heavy atom. The number of carbonyl (C=O) groups is 1. The summed E-state index contributed by atoms with van der Waals surface area (Å²) in [7, 11) is 0. The molecule has 1 N–H and O–H groups in total. The number of hydrogen-bond acceptors (Lipinski definition) is 2. The lowest BCUT2D eigenvalue weighted by Crippen LogP contribution is -2.28. The number of aryl methyl sites for hydroxylation is 1. The van der Waals surface area contributed by atoms with Gasteiger partial charge in [0.15, 0.2) is 6.61 Å². The van der Waals surface area contributed by atoms with Crippen LogP contribution in [-0.2, 0) is 11.3 Å². The molecule has 0 radical (unpaired) electrons. The van der Waals surface area contributed by atoms with E-state index in [1.807, 2.05) is 31.2 Å². The SMILES string of the molecule is Cc1ccccc1CNC(=O)COc1ccc(F)cc1Cl. The first-order valence-corrected chi connectivity index (χ1v) is 6.83. The predicted molar refractivity (Wildman–Crippen MR) is 79.9 cm³/mol. The quantitative estimate of drug-likeness (QED) is 0.918. The zero-order valence-electron chi connectivity index (χ0n) is 11.5. The molecule has 0 atom stereocenters. The molecule has 0 aliphatic rings. The van der Waals surface area contributed by atoms with Crippen molar-refractivity contribution in [3.05, 3.63) is 64.4 Å². The van der Waals surface area contributed by atoms with Crippen molar-refractivity contribution in [3.63, 3.8) is 0 Å². The highest BCUT2D eigenvalue weighted by Gasteiger charge is 2.07. The number of rotatable bonds is 5. The van der Waals surface area contributed by atoms with Crippen LogP contribution in [0.1, 0.15) is 11.1 Å². The molecule has 0 unspecified atom stereocenters. The van der Waals surface area contributed by atoms with Gasteiger partial charge in [0.2, 0.25) is 0 Å². The summed E-state index contributed by atoms with van der Waals surface area (Å²) in [6.45, 7) is 2.25. The number of ether oxygens (including phenoxy) is 1. The fourth-order valence-electron chi connectivity index (χ4n) is 1.79. The fourth-order valence-corrected chi connectivity index (χ4v) is 2.01. The minimum Gasteiger partial charge on any atom is -0.482 e. The zero-order valence-corrected chi connectivity index (χ0v) is 12.3. The number of halogens is 2. The second-order valence-electron chi connectivity index (χ2n) is 4.57. The number of nitrogens with one attached hydrogen (secondary N) is 1. The van der Waals surface area contributed by atoms with Gasteiger partial charge in [-0.25, -0.2) is 4.39 Å². The summed E-state index contributed by atoms with van der Waals surface area (Å²) in [6, 6.07) is 11.6. The molecule has 0 fully saturated rings. The van der Waals surface area contributed by atoms with Crippen molar-refractivity contribution in [2.24, 2.45) is 0 Å². The Hall–Kier alpha value is -2.07. The maximum atomic E-state index is 12.9. The zero-order chi connectivity index (χ0) is 15.2. The smallest absolute Gasteiger partial charge is 0.258 e. The Bertz CT molecular complexity index is 646. The highest BCUT2D eigenvalue weighted by Crippen LogP contribution is 2.24. The number of benzene rings is 2. The molecule has 2 aromatic carbocycles. The van der Waals surface area contributed by atoms with E-state index in [1.165, 1.54) is 12.1 Å². The highest BCUT2D eigenvalue weighted by atomic mass is 35.5. The van der Waals surface area contributed by atoms with E-state index < -0.39 is 5.82 Å². The van der Waals surface area contributed by atoms with Crippen molar-refractivity contribution >= 4 is 17.5 Å². The Labute approximate surface area is 127 Å². The molecule has 0 aromatic heterocycles. The van der Waals surface area contributed by atoms with E-state index in [-0.39, 0.29) is 23.3 Å². The summed E-state index contributed by atoms with van der Waals surface area (Å²) < 4.78 is 18.1. The van der Waals surface area contributed by atoms with E-state index in [1.54, 1.807) is 0 Å². The van der Waals surface area contributed by atoms with Crippen molar-refractivity contribution in [3.8, 4) is 5.75 Å². The average molecular weight is 308 g/mol. The molecule has 0 spiro atoms. The van der Waals surface area contributed by atoms with Gasteiger partial charge in [0.25, 0.3) is 5.91 Å². The molecule has 21 heavy (non-hydrogen) atoms. The summed E-state index contributed by atoms with van der Waals surface area (Å²) in [5.74, 6) is -0.431. The lowest BCUT2D eigenvalue weighted by Gasteiger charge is -2.10. The molecule has 5 heteroatoms. The van der Waals surface area contributed by atoms with Crippen LogP contribution in [0.3, 0.4) is 0 Å². The van der Waals surface area contributed by atoms with Gasteiger partial charge >= 0.3 is 0 Å².